The number of carboxylic acids is 1. The molecule has 1 N–H and O–H groups in total. The number of fused-ring (bicyclic) bond motifs is 1. The maximum atomic E-state index is 12.7. The van der Waals surface area contributed by atoms with Gasteiger partial charge in [-0.2, -0.15) is 5.10 Å². The molecule has 3 heterocycles. The predicted molar refractivity (Wildman–Crippen MR) is 88.0 cm³/mol. The molecule has 0 saturated carbocycles. The number of rotatable bonds is 6. The molecule has 0 aromatic carbocycles. The van der Waals surface area contributed by atoms with Gasteiger partial charge in [-0.1, -0.05) is 12.1 Å². The number of aryl methyl sites for hydroxylation is 3. The van der Waals surface area contributed by atoms with Crippen molar-refractivity contribution in [2.24, 2.45) is 0 Å². The first-order valence-corrected chi connectivity index (χ1v) is 8.59. The standard InChI is InChI=1S/C17H22N4O4/c1-2-4-14-10-15(19-25-14)17(24)20-7-3-8-21-13(11-20)9-12(18-21)5-6-16(22)23/h9-10H,2-8,11H2,1H3,(H,22,23). The molecule has 0 atom stereocenters. The zero-order valence-electron chi connectivity index (χ0n) is 14.3. The Hall–Kier alpha value is -2.64. The third kappa shape index (κ3) is 4.07. The Kier molecular flexibility index (Phi) is 5.16. The SMILES string of the molecule is CCCc1cc(C(=O)N2CCCn3nc(CCC(=O)O)cc3C2)no1. The van der Waals surface area contributed by atoms with Crippen LogP contribution >= 0.6 is 0 Å². The van der Waals surface area contributed by atoms with Crippen LogP contribution in [0.15, 0.2) is 16.7 Å². The van der Waals surface area contributed by atoms with E-state index in [9.17, 15) is 9.59 Å². The first kappa shape index (κ1) is 17.2. The number of amides is 1. The molecule has 0 saturated heterocycles. The zero-order chi connectivity index (χ0) is 17.8. The van der Waals surface area contributed by atoms with E-state index in [1.165, 1.54) is 0 Å². The highest BCUT2D eigenvalue weighted by molar-refractivity contribution is 5.92. The summed E-state index contributed by atoms with van der Waals surface area (Å²) in [5.74, 6) is -0.261. The molecular weight excluding hydrogens is 324 g/mol. The van der Waals surface area contributed by atoms with Crippen LogP contribution in [0, 0.1) is 0 Å². The second-order valence-corrected chi connectivity index (χ2v) is 6.25. The summed E-state index contributed by atoms with van der Waals surface area (Å²) in [6, 6.07) is 3.60. The van der Waals surface area contributed by atoms with E-state index < -0.39 is 5.97 Å². The van der Waals surface area contributed by atoms with Gasteiger partial charge >= 0.3 is 5.97 Å². The number of carbonyl (C=O) groups is 2. The average Bonchev–Trinajstić information content (AvgIpc) is 3.15. The van der Waals surface area contributed by atoms with Crippen LogP contribution in [0.25, 0.3) is 0 Å². The van der Waals surface area contributed by atoms with E-state index in [1.807, 2.05) is 17.7 Å². The first-order valence-electron chi connectivity index (χ1n) is 8.59. The van der Waals surface area contributed by atoms with E-state index >= 15 is 0 Å². The second kappa shape index (κ2) is 7.50. The van der Waals surface area contributed by atoms with E-state index in [0.717, 1.165) is 36.4 Å². The molecule has 1 aliphatic heterocycles. The molecule has 134 valence electrons. The van der Waals surface area contributed by atoms with Crippen molar-refractivity contribution in [1.82, 2.24) is 19.8 Å². The Bertz CT molecular complexity index is 765. The lowest BCUT2D eigenvalue weighted by Gasteiger charge is -2.18. The largest absolute Gasteiger partial charge is 0.481 e. The van der Waals surface area contributed by atoms with Crippen LogP contribution in [0.3, 0.4) is 0 Å². The normalized spacial score (nSPS) is 14.2. The van der Waals surface area contributed by atoms with E-state index in [4.69, 9.17) is 9.63 Å². The Morgan fingerprint density at radius 1 is 1.28 bits per heavy atom. The summed E-state index contributed by atoms with van der Waals surface area (Å²) >= 11 is 0. The maximum Gasteiger partial charge on any atom is 0.303 e. The van der Waals surface area contributed by atoms with Crippen molar-refractivity contribution >= 4 is 11.9 Å². The quantitative estimate of drug-likeness (QED) is 0.857. The molecule has 1 aliphatic rings. The third-order valence-corrected chi connectivity index (χ3v) is 4.22. The summed E-state index contributed by atoms with van der Waals surface area (Å²) < 4.78 is 7.08. The summed E-state index contributed by atoms with van der Waals surface area (Å²) in [6.45, 7) is 3.82. The molecular formula is C17H22N4O4. The minimum Gasteiger partial charge on any atom is -0.481 e. The van der Waals surface area contributed by atoms with Gasteiger partial charge in [0.15, 0.2) is 5.69 Å². The highest BCUT2D eigenvalue weighted by Crippen LogP contribution is 2.17. The Morgan fingerprint density at radius 2 is 2.12 bits per heavy atom. The molecule has 8 nitrogen and oxygen atoms in total. The van der Waals surface area contributed by atoms with E-state index in [-0.39, 0.29) is 12.3 Å². The topological polar surface area (TPSA) is 101 Å². The van der Waals surface area contributed by atoms with Crippen molar-refractivity contribution in [2.75, 3.05) is 6.54 Å². The highest BCUT2D eigenvalue weighted by Gasteiger charge is 2.24. The summed E-state index contributed by atoms with van der Waals surface area (Å²) in [6.07, 6.45) is 2.94. The Balaban J connectivity index is 1.71. The molecule has 2 aromatic heterocycles. The Labute approximate surface area is 145 Å². The van der Waals surface area contributed by atoms with Crippen LogP contribution < -0.4 is 0 Å². The van der Waals surface area contributed by atoms with E-state index in [2.05, 4.69) is 10.3 Å². The van der Waals surface area contributed by atoms with Gasteiger partial charge in [0.05, 0.1) is 24.4 Å². The van der Waals surface area contributed by atoms with Crippen molar-refractivity contribution in [3.05, 3.63) is 35.0 Å². The molecule has 1 amide bonds. The molecule has 2 aromatic rings. The lowest BCUT2D eigenvalue weighted by molar-refractivity contribution is -0.136. The van der Waals surface area contributed by atoms with Gasteiger partial charge in [0.25, 0.3) is 5.91 Å². The van der Waals surface area contributed by atoms with Crippen LogP contribution in [0.5, 0.6) is 0 Å². The fourth-order valence-corrected chi connectivity index (χ4v) is 2.99. The molecule has 0 fully saturated rings. The maximum absolute atomic E-state index is 12.7. The molecule has 0 spiro atoms. The van der Waals surface area contributed by atoms with Gasteiger partial charge in [-0.15, -0.1) is 0 Å². The Morgan fingerprint density at radius 3 is 2.88 bits per heavy atom. The monoisotopic (exact) mass is 346 g/mol. The van der Waals surface area contributed by atoms with Crippen molar-refractivity contribution in [3.8, 4) is 0 Å². The van der Waals surface area contributed by atoms with Gasteiger partial charge in [-0.3, -0.25) is 14.3 Å². The minimum atomic E-state index is -0.839. The lowest BCUT2D eigenvalue weighted by atomic mass is 10.2. The highest BCUT2D eigenvalue weighted by atomic mass is 16.5. The van der Waals surface area contributed by atoms with Crippen LogP contribution in [-0.2, 0) is 30.7 Å². The van der Waals surface area contributed by atoms with Crippen molar-refractivity contribution < 1.29 is 19.2 Å². The number of hydrogen-bond acceptors (Lipinski definition) is 5. The van der Waals surface area contributed by atoms with Gasteiger partial charge in [0, 0.05) is 32.0 Å². The molecule has 3 rings (SSSR count). The molecule has 0 unspecified atom stereocenters. The van der Waals surface area contributed by atoms with E-state index in [1.54, 1.807) is 11.0 Å². The molecule has 0 aliphatic carbocycles. The number of aromatic nitrogens is 3. The van der Waals surface area contributed by atoms with Crippen LogP contribution in [0.1, 0.15) is 53.8 Å². The molecule has 0 bridgehead atoms. The average molecular weight is 346 g/mol. The third-order valence-electron chi connectivity index (χ3n) is 4.22. The van der Waals surface area contributed by atoms with Crippen molar-refractivity contribution in [1.29, 1.82) is 0 Å². The summed E-state index contributed by atoms with van der Waals surface area (Å²) in [7, 11) is 0. The van der Waals surface area contributed by atoms with Gasteiger partial charge in [-0.05, 0) is 18.9 Å². The second-order valence-electron chi connectivity index (χ2n) is 6.25. The lowest BCUT2D eigenvalue weighted by Crippen LogP contribution is -2.30. The van der Waals surface area contributed by atoms with Gasteiger partial charge in [-0.25, -0.2) is 0 Å². The summed E-state index contributed by atoms with van der Waals surface area (Å²) in [5.41, 5.74) is 2.00. The fraction of sp³-hybridized carbons (Fsp3) is 0.529. The first-order chi connectivity index (χ1) is 12.1. The molecule has 25 heavy (non-hydrogen) atoms. The van der Waals surface area contributed by atoms with Gasteiger partial charge in [0.2, 0.25) is 0 Å². The smallest absolute Gasteiger partial charge is 0.303 e. The van der Waals surface area contributed by atoms with Gasteiger partial charge < -0.3 is 14.5 Å². The van der Waals surface area contributed by atoms with Crippen LogP contribution in [0.4, 0.5) is 0 Å². The zero-order valence-corrected chi connectivity index (χ0v) is 14.3. The van der Waals surface area contributed by atoms with Gasteiger partial charge in [0.1, 0.15) is 5.76 Å². The van der Waals surface area contributed by atoms with E-state index in [0.29, 0.717) is 31.7 Å². The van der Waals surface area contributed by atoms with Crippen LogP contribution in [-0.4, -0.2) is 43.4 Å². The number of nitrogens with zero attached hydrogens (tertiary/aromatic N) is 4. The fourth-order valence-electron chi connectivity index (χ4n) is 2.99. The van der Waals surface area contributed by atoms with Crippen LogP contribution in [0.2, 0.25) is 0 Å². The number of hydrogen-bond donors (Lipinski definition) is 1. The number of carbonyl (C=O) groups excluding carboxylic acids is 1. The summed E-state index contributed by atoms with van der Waals surface area (Å²) in [5, 5.41) is 17.2. The van der Waals surface area contributed by atoms with Crippen molar-refractivity contribution in [2.45, 2.75) is 52.1 Å². The van der Waals surface area contributed by atoms with Crippen molar-refractivity contribution in [3.63, 3.8) is 0 Å². The molecule has 8 heteroatoms. The number of aliphatic carboxylic acids is 1. The number of carboxylic acid groups (broad SMARTS) is 1. The predicted octanol–water partition coefficient (Wildman–Crippen LogP) is 1.89. The minimum absolute atomic E-state index is 0.0538. The summed E-state index contributed by atoms with van der Waals surface area (Å²) in [4.78, 5) is 25.2. The molecule has 0 radical (unpaired) electrons.